The summed E-state index contributed by atoms with van der Waals surface area (Å²) in [4.78, 5) is 14.1. The van der Waals surface area contributed by atoms with Gasteiger partial charge >= 0.3 is 0 Å². The minimum absolute atomic E-state index is 0.0333. The van der Waals surface area contributed by atoms with Gasteiger partial charge in [-0.2, -0.15) is 0 Å². The maximum Gasteiger partial charge on any atom is 0.223 e. The van der Waals surface area contributed by atoms with E-state index >= 15 is 0 Å². The molecule has 3 aromatic rings. The van der Waals surface area contributed by atoms with Crippen LogP contribution in [0.5, 0.6) is 17.2 Å². The van der Waals surface area contributed by atoms with Crippen molar-refractivity contribution in [1.29, 1.82) is 0 Å². The van der Waals surface area contributed by atoms with Gasteiger partial charge < -0.3 is 14.4 Å². The Morgan fingerprint density at radius 3 is 2.19 bits per heavy atom. The molecule has 0 saturated heterocycles. The van der Waals surface area contributed by atoms with Gasteiger partial charge in [0.15, 0.2) is 5.75 Å². The van der Waals surface area contributed by atoms with Gasteiger partial charge in [-0.25, -0.2) is 0 Å². The number of hydrogen-bond acceptors (Lipinski definition) is 3. The highest BCUT2D eigenvalue weighted by Gasteiger charge is 2.17. The number of carbonyl (C=O) groups excluding carboxylic acids is 1. The normalized spacial score (nSPS) is 10.3. The Morgan fingerprint density at radius 2 is 1.48 bits per heavy atom. The van der Waals surface area contributed by atoms with E-state index < -0.39 is 0 Å². The van der Waals surface area contributed by atoms with Gasteiger partial charge in [0.25, 0.3) is 0 Å². The molecular formula is C23H23NO3. The molecule has 0 bridgehead atoms. The lowest BCUT2D eigenvalue weighted by molar-refractivity contribution is -0.116. The van der Waals surface area contributed by atoms with E-state index in [-0.39, 0.29) is 5.91 Å². The maximum absolute atomic E-state index is 12.4. The van der Waals surface area contributed by atoms with Gasteiger partial charge in [-0.3, -0.25) is 4.79 Å². The average Bonchev–Trinajstić information content (AvgIpc) is 2.70. The summed E-state index contributed by atoms with van der Waals surface area (Å²) in [6.07, 6.45) is 0.684. The molecule has 0 heterocycles. The predicted octanol–water partition coefficient (Wildman–Crippen LogP) is 5.08. The van der Waals surface area contributed by atoms with Crippen molar-refractivity contribution in [1.82, 2.24) is 0 Å². The molecule has 27 heavy (non-hydrogen) atoms. The van der Waals surface area contributed by atoms with Gasteiger partial charge in [-0.15, -0.1) is 0 Å². The average molecular weight is 361 g/mol. The first-order chi connectivity index (χ1) is 13.2. The van der Waals surface area contributed by atoms with E-state index in [0.717, 1.165) is 22.7 Å². The largest absolute Gasteiger partial charge is 0.496 e. The molecule has 3 rings (SSSR count). The number of methoxy groups -OCH3 is 1. The number of benzene rings is 3. The fourth-order valence-corrected chi connectivity index (χ4v) is 2.97. The SMILES string of the molecule is COc1ccccc1CCN(C(C)=O)c1ccccc1Oc1ccccc1. The summed E-state index contributed by atoms with van der Waals surface area (Å²) in [6, 6.07) is 25.0. The number of para-hydroxylation sites is 4. The first-order valence-corrected chi connectivity index (χ1v) is 8.91. The summed E-state index contributed by atoms with van der Waals surface area (Å²) in [5.41, 5.74) is 1.82. The van der Waals surface area contributed by atoms with E-state index in [0.29, 0.717) is 18.7 Å². The number of amides is 1. The van der Waals surface area contributed by atoms with Crippen molar-refractivity contribution in [2.24, 2.45) is 0 Å². The molecule has 0 atom stereocenters. The summed E-state index contributed by atoms with van der Waals surface area (Å²) in [7, 11) is 1.66. The van der Waals surface area contributed by atoms with Crippen LogP contribution in [0.15, 0.2) is 78.9 Å². The lowest BCUT2D eigenvalue weighted by atomic mass is 10.1. The zero-order valence-electron chi connectivity index (χ0n) is 15.6. The molecule has 0 aliphatic carbocycles. The second kappa shape index (κ2) is 8.90. The summed E-state index contributed by atoms with van der Waals surface area (Å²) in [6.45, 7) is 2.10. The molecule has 0 aliphatic rings. The quantitative estimate of drug-likeness (QED) is 0.589. The maximum atomic E-state index is 12.4. The minimum Gasteiger partial charge on any atom is -0.496 e. The molecule has 0 radical (unpaired) electrons. The van der Waals surface area contributed by atoms with Crippen LogP contribution >= 0.6 is 0 Å². The third-order valence-electron chi connectivity index (χ3n) is 4.30. The van der Waals surface area contributed by atoms with Gasteiger partial charge in [0, 0.05) is 13.5 Å². The second-order valence-electron chi connectivity index (χ2n) is 6.12. The summed E-state index contributed by atoms with van der Waals surface area (Å²) in [5, 5.41) is 0. The Morgan fingerprint density at radius 1 is 0.852 bits per heavy atom. The third kappa shape index (κ3) is 4.67. The first-order valence-electron chi connectivity index (χ1n) is 8.91. The smallest absolute Gasteiger partial charge is 0.223 e. The molecule has 0 unspecified atom stereocenters. The Kier molecular flexibility index (Phi) is 6.10. The van der Waals surface area contributed by atoms with Crippen molar-refractivity contribution in [3.8, 4) is 17.2 Å². The zero-order chi connectivity index (χ0) is 19.1. The fourth-order valence-electron chi connectivity index (χ4n) is 2.97. The Hall–Kier alpha value is -3.27. The van der Waals surface area contributed by atoms with Crippen molar-refractivity contribution >= 4 is 11.6 Å². The number of carbonyl (C=O) groups is 1. The summed E-state index contributed by atoms with van der Waals surface area (Å²) >= 11 is 0. The highest BCUT2D eigenvalue weighted by Crippen LogP contribution is 2.32. The van der Waals surface area contributed by atoms with Crippen LogP contribution in [0.2, 0.25) is 0 Å². The molecule has 4 nitrogen and oxygen atoms in total. The number of anilines is 1. The van der Waals surface area contributed by atoms with Crippen LogP contribution in [0.1, 0.15) is 12.5 Å². The van der Waals surface area contributed by atoms with Gasteiger partial charge in [-0.1, -0.05) is 48.5 Å². The van der Waals surface area contributed by atoms with Gasteiger partial charge in [0.2, 0.25) is 5.91 Å². The topological polar surface area (TPSA) is 38.8 Å². The van der Waals surface area contributed by atoms with Gasteiger partial charge in [0.05, 0.1) is 12.8 Å². The zero-order valence-corrected chi connectivity index (χ0v) is 15.6. The van der Waals surface area contributed by atoms with Gasteiger partial charge in [0.1, 0.15) is 11.5 Å². The van der Waals surface area contributed by atoms with Gasteiger partial charge in [-0.05, 0) is 42.3 Å². The first kappa shape index (κ1) is 18.5. The standard InChI is InChI=1S/C23H23NO3/c1-18(25)24(17-16-19-10-6-8-14-22(19)26-2)21-13-7-9-15-23(21)27-20-11-4-3-5-12-20/h3-15H,16-17H2,1-2H3. The fraction of sp³-hybridized carbons (Fsp3) is 0.174. The predicted molar refractivity (Wildman–Crippen MR) is 108 cm³/mol. The molecular weight excluding hydrogens is 338 g/mol. The van der Waals surface area contributed by atoms with Crippen molar-refractivity contribution in [3.05, 3.63) is 84.4 Å². The highest BCUT2D eigenvalue weighted by atomic mass is 16.5. The van der Waals surface area contributed by atoms with Crippen molar-refractivity contribution in [3.63, 3.8) is 0 Å². The second-order valence-corrected chi connectivity index (χ2v) is 6.12. The molecule has 0 N–H and O–H groups in total. The van der Waals surface area contributed by atoms with Crippen LogP contribution in [0.3, 0.4) is 0 Å². The third-order valence-corrected chi connectivity index (χ3v) is 4.30. The van der Waals surface area contributed by atoms with E-state index in [1.807, 2.05) is 78.9 Å². The van der Waals surface area contributed by atoms with E-state index in [4.69, 9.17) is 9.47 Å². The molecule has 0 spiro atoms. The molecule has 138 valence electrons. The monoisotopic (exact) mass is 361 g/mol. The van der Waals surface area contributed by atoms with Crippen LogP contribution in [0.4, 0.5) is 5.69 Å². The van der Waals surface area contributed by atoms with Crippen molar-refractivity contribution < 1.29 is 14.3 Å². The van der Waals surface area contributed by atoms with Crippen LogP contribution in [0.25, 0.3) is 0 Å². The Balaban J connectivity index is 1.84. The van der Waals surface area contributed by atoms with E-state index in [2.05, 4.69) is 0 Å². The van der Waals surface area contributed by atoms with E-state index in [1.165, 1.54) is 0 Å². The number of nitrogens with zero attached hydrogens (tertiary/aromatic N) is 1. The molecule has 0 aliphatic heterocycles. The Labute approximate surface area is 160 Å². The van der Waals surface area contributed by atoms with Crippen molar-refractivity contribution in [2.75, 3.05) is 18.6 Å². The lowest BCUT2D eigenvalue weighted by Gasteiger charge is -2.24. The van der Waals surface area contributed by atoms with Crippen LogP contribution in [-0.2, 0) is 11.2 Å². The lowest BCUT2D eigenvalue weighted by Crippen LogP contribution is -2.31. The minimum atomic E-state index is -0.0333. The van der Waals surface area contributed by atoms with Crippen LogP contribution < -0.4 is 14.4 Å². The molecule has 0 fully saturated rings. The van der Waals surface area contributed by atoms with Crippen LogP contribution in [-0.4, -0.2) is 19.6 Å². The summed E-state index contributed by atoms with van der Waals surface area (Å²) in [5.74, 6) is 2.18. The molecule has 0 saturated carbocycles. The molecule has 0 aromatic heterocycles. The number of rotatable bonds is 7. The molecule has 1 amide bonds. The Bertz CT molecular complexity index is 893. The molecule has 3 aromatic carbocycles. The summed E-state index contributed by atoms with van der Waals surface area (Å²) < 4.78 is 11.4. The van der Waals surface area contributed by atoms with E-state index in [9.17, 15) is 4.79 Å². The molecule has 4 heteroatoms. The highest BCUT2D eigenvalue weighted by molar-refractivity contribution is 5.93. The number of hydrogen-bond donors (Lipinski definition) is 0. The van der Waals surface area contributed by atoms with Crippen molar-refractivity contribution in [2.45, 2.75) is 13.3 Å². The number of ether oxygens (including phenoxy) is 2. The van der Waals surface area contributed by atoms with E-state index in [1.54, 1.807) is 18.9 Å². The van der Waals surface area contributed by atoms with Crippen LogP contribution in [0, 0.1) is 0 Å².